The van der Waals surface area contributed by atoms with E-state index in [0.717, 1.165) is 30.5 Å². The Balaban J connectivity index is 1.90. The van der Waals surface area contributed by atoms with Gasteiger partial charge in [0.25, 0.3) is 0 Å². The standard InChI is InChI=1S/C21H20F4N4O4S/c22-15-6-4-14(5-7-15)18(21(23,24)25)27-17(19(30)28-20(13-26)8-9-20)12-34(32,33)11-16-3-1-2-10-29(16)31/h1-7,10,17-18,27H,8-9,11-12H2,(H,28,30)/t17-,18-/m0/s1. The van der Waals surface area contributed by atoms with Crippen LogP contribution in [0.15, 0.2) is 48.7 Å². The largest absolute Gasteiger partial charge is 0.618 e. The molecule has 34 heavy (non-hydrogen) atoms. The van der Waals surface area contributed by atoms with Gasteiger partial charge in [0.1, 0.15) is 29.2 Å². The highest BCUT2D eigenvalue weighted by Gasteiger charge is 2.48. The Morgan fingerprint density at radius 3 is 2.38 bits per heavy atom. The zero-order chi connectivity index (χ0) is 25.1. The molecule has 1 aliphatic rings. The minimum absolute atomic E-state index is 0.178. The van der Waals surface area contributed by atoms with E-state index < -0.39 is 62.4 Å². The molecule has 0 radical (unpaired) electrons. The van der Waals surface area contributed by atoms with E-state index in [1.54, 1.807) is 0 Å². The van der Waals surface area contributed by atoms with Gasteiger partial charge in [0.05, 0.1) is 11.8 Å². The molecule has 3 rings (SSSR count). The van der Waals surface area contributed by atoms with E-state index in [1.807, 2.05) is 11.4 Å². The van der Waals surface area contributed by atoms with Crippen LogP contribution >= 0.6 is 0 Å². The number of alkyl halides is 3. The maximum Gasteiger partial charge on any atom is 0.407 e. The minimum Gasteiger partial charge on any atom is -0.618 e. The highest BCUT2D eigenvalue weighted by molar-refractivity contribution is 7.90. The number of sulfone groups is 1. The summed E-state index contributed by atoms with van der Waals surface area (Å²) in [7, 11) is -4.28. The molecule has 2 atom stereocenters. The fraction of sp³-hybridized carbons (Fsp3) is 0.381. The van der Waals surface area contributed by atoms with Crippen LogP contribution in [0.25, 0.3) is 0 Å². The minimum atomic E-state index is -4.97. The Bertz CT molecular complexity index is 1190. The number of hydrogen-bond acceptors (Lipinski definition) is 6. The zero-order valence-electron chi connectivity index (χ0n) is 17.5. The van der Waals surface area contributed by atoms with E-state index in [-0.39, 0.29) is 18.5 Å². The third kappa shape index (κ3) is 6.42. The molecule has 1 aromatic heterocycles. The highest BCUT2D eigenvalue weighted by atomic mass is 32.2. The normalized spacial score (nSPS) is 16.8. The van der Waals surface area contributed by atoms with Crippen molar-refractivity contribution < 1.29 is 35.5 Å². The molecule has 2 aromatic rings. The van der Waals surface area contributed by atoms with E-state index >= 15 is 0 Å². The second-order valence-corrected chi connectivity index (χ2v) is 10.1. The number of carbonyl (C=O) groups is 1. The van der Waals surface area contributed by atoms with Crippen LogP contribution in [0.3, 0.4) is 0 Å². The lowest BCUT2D eigenvalue weighted by atomic mass is 10.0. The first kappa shape index (κ1) is 25.4. The number of rotatable bonds is 9. The number of carbonyl (C=O) groups excluding carboxylic acids is 1. The lowest BCUT2D eigenvalue weighted by Gasteiger charge is -2.28. The monoisotopic (exact) mass is 500 g/mol. The van der Waals surface area contributed by atoms with Gasteiger partial charge in [-0.3, -0.25) is 10.1 Å². The second-order valence-electron chi connectivity index (χ2n) is 8.00. The number of nitrogens with zero attached hydrogens (tertiary/aromatic N) is 2. The van der Waals surface area contributed by atoms with Crippen molar-refractivity contribution >= 4 is 15.7 Å². The van der Waals surface area contributed by atoms with Gasteiger partial charge in [-0.25, -0.2) is 12.8 Å². The molecule has 0 unspecified atom stereocenters. The van der Waals surface area contributed by atoms with Crippen molar-refractivity contribution in [3.05, 3.63) is 70.9 Å². The summed E-state index contributed by atoms with van der Waals surface area (Å²) in [6.45, 7) is 0. The van der Waals surface area contributed by atoms with Gasteiger partial charge in [-0.2, -0.15) is 23.2 Å². The van der Waals surface area contributed by atoms with E-state index in [4.69, 9.17) is 0 Å². The molecule has 1 saturated carbocycles. The summed E-state index contributed by atoms with van der Waals surface area (Å²) in [5.41, 5.74) is -1.88. The summed E-state index contributed by atoms with van der Waals surface area (Å²) in [4.78, 5) is 12.8. The van der Waals surface area contributed by atoms with Crippen LogP contribution in [0, 0.1) is 22.4 Å². The number of amides is 1. The summed E-state index contributed by atoms with van der Waals surface area (Å²) in [5.74, 6) is -3.79. The van der Waals surface area contributed by atoms with E-state index in [2.05, 4.69) is 5.32 Å². The van der Waals surface area contributed by atoms with Gasteiger partial charge in [-0.1, -0.05) is 12.1 Å². The van der Waals surface area contributed by atoms with Gasteiger partial charge in [0.2, 0.25) is 11.6 Å². The molecule has 0 spiro atoms. The van der Waals surface area contributed by atoms with Gasteiger partial charge in [0.15, 0.2) is 16.0 Å². The van der Waals surface area contributed by atoms with Gasteiger partial charge in [-0.05, 0) is 36.6 Å². The first-order chi connectivity index (χ1) is 15.8. The highest BCUT2D eigenvalue weighted by Crippen LogP contribution is 2.35. The smallest absolute Gasteiger partial charge is 0.407 e. The first-order valence-electron chi connectivity index (χ1n) is 10.0. The van der Waals surface area contributed by atoms with Crippen LogP contribution in [-0.4, -0.2) is 37.8 Å². The van der Waals surface area contributed by atoms with Crippen LogP contribution in [0.5, 0.6) is 0 Å². The summed E-state index contributed by atoms with van der Waals surface area (Å²) >= 11 is 0. The quantitative estimate of drug-likeness (QED) is 0.307. The number of halogens is 4. The van der Waals surface area contributed by atoms with Crippen molar-refractivity contribution in [2.45, 2.75) is 42.4 Å². The number of nitrogens with one attached hydrogen (secondary N) is 2. The summed E-state index contributed by atoms with van der Waals surface area (Å²) in [6, 6.07) is 4.79. The maximum atomic E-state index is 13.8. The first-order valence-corrected chi connectivity index (χ1v) is 11.9. The third-order valence-corrected chi connectivity index (χ3v) is 6.81. The van der Waals surface area contributed by atoms with Crippen molar-refractivity contribution in [1.29, 1.82) is 5.26 Å². The van der Waals surface area contributed by atoms with Gasteiger partial charge >= 0.3 is 6.18 Å². The SMILES string of the molecule is N#CC1(NC(=O)[C@H](CS(=O)(=O)Cc2cccc[n+]2[O-])N[C@@H](c2ccc(F)cc2)C(F)(F)F)CC1. The number of pyridine rings is 1. The molecule has 0 aliphatic heterocycles. The predicted molar refractivity (Wildman–Crippen MR) is 111 cm³/mol. The average molecular weight is 500 g/mol. The Hall–Kier alpha value is -3.24. The van der Waals surface area contributed by atoms with Gasteiger partial charge < -0.3 is 10.5 Å². The Morgan fingerprint density at radius 2 is 1.85 bits per heavy atom. The molecule has 13 heteroatoms. The Kier molecular flexibility index (Phi) is 7.13. The topological polar surface area (TPSA) is 126 Å². The molecule has 2 N–H and O–H groups in total. The van der Waals surface area contributed by atoms with Gasteiger partial charge in [0, 0.05) is 12.1 Å². The molecule has 1 aromatic carbocycles. The van der Waals surface area contributed by atoms with Crippen molar-refractivity contribution in [1.82, 2.24) is 10.6 Å². The average Bonchev–Trinajstić information content (AvgIpc) is 3.52. The predicted octanol–water partition coefficient (Wildman–Crippen LogP) is 1.81. The third-order valence-electron chi connectivity index (χ3n) is 5.23. The molecule has 0 saturated heterocycles. The fourth-order valence-electron chi connectivity index (χ4n) is 3.26. The molecule has 182 valence electrons. The van der Waals surface area contributed by atoms with Crippen molar-refractivity contribution in [2.24, 2.45) is 0 Å². The molecule has 1 heterocycles. The molecule has 1 aliphatic carbocycles. The molecular formula is C21H20F4N4O4S. The number of nitriles is 1. The van der Waals surface area contributed by atoms with Crippen molar-refractivity contribution in [3.8, 4) is 6.07 Å². The molecule has 1 amide bonds. The Labute approximate surface area is 192 Å². The van der Waals surface area contributed by atoms with Crippen LogP contribution in [0.1, 0.15) is 30.1 Å². The summed E-state index contributed by atoms with van der Waals surface area (Å²) < 4.78 is 80.6. The number of aromatic nitrogens is 1. The lowest BCUT2D eigenvalue weighted by Crippen LogP contribution is -2.54. The lowest BCUT2D eigenvalue weighted by molar-refractivity contribution is -0.612. The zero-order valence-corrected chi connectivity index (χ0v) is 18.4. The molecule has 0 bridgehead atoms. The maximum absolute atomic E-state index is 13.8. The van der Waals surface area contributed by atoms with Crippen LogP contribution in [0.2, 0.25) is 0 Å². The van der Waals surface area contributed by atoms with Crippen LogP contribution < -0.4 is 15.4 Å². The van der Waals surface area contributed by atoms with Gasteiger partial charge in [-0.15, -0.1) is 0 Å². The molecular weight excluding hydrogens is 480 g/mol. The summed E-state index contributed by atoms with van der Waals surface area (Å²) in [6.07, 6.45) is -3.36. The van der Waals surface area contributed by atoms with E-state index in [1.165, 1.54) is 18.2 Å². The van der Waals surface area contributed by atoms with Crippen molar-refractivity contribution in [3.63, 3.8) is 0 Å². The van der Waals surface area contributed by atoms with Crippen LogP contribution in [0.4, 0.5) is 17.6 Å². The number of benzene rings is 1. The fourth-order valence-corrected chi connectivity index (χ4v) is 4.81. The van der Waals surface area contributed by atoms with E-state index in [9.17, 15) is 41.2 Å². The van der Waals surface area contributed by atoms with Crippen molar-refractivity contribution in [2.75, 3.05) is 5.75 Å². The second kappa shape index (κ2) is 9.55. The molecule has 8 nitrogen and oxygen atoms in total. The summed E-state index contributed by atoms with van der Waals surface area (Å²) in [5, 5.41) is 25.4. The van der Waals surface area contributed by atoms with E-state index in [0.29, 0.717) is 4.73 Å². The van der Waals surface area contributed by atoms with Crippen LogP contribution in [-0.2, 0) is 20.4 Å². The Morgan fingerprint density at radius 1 is 1.21 bits per heavy atom. The number of hydrogen-bond donors (Lipinski definition) is 2. The molecule has 1 fully saturated rings.